The van der Waals surface area contributed by atoms with Crippen LogP contribution >= 0.6 is 0 Å². The van der Waals surface area contributed by atoms with Crippen LogP contribution < -0.4 is 0 Å². The van der Waals surface area contributed by atoms with Crippen LogP contribution in [0.1, 0.15) is 12.8 Å². The Kier molecular flexibility index (Phi) is 4.33. The Morgan fingerprint density at radius 3 is 2.47 bits per heavy atom. The molecule has 0 bridgehead atoms. The maximum Gasteiger partial charge on any atom is 0.471 e. The lowest BCUT2D eigenvalue weighted by atomic mass is 10.2. The average Bonchev–Trinajstić information content (AvgIpc) is 2.66. The molecule has 0 radical (unpaired) electrons. The molecule has 0 saturated carbocycles. The topological polar surface area (TPSA) is 66.8 Å². The summed E-state index contributed by atoms with van der Waals surface area (Å²) in [5.41, 5.74) is 0. The highest BCUT2D eigenvalue weighted by molar-refractivity contribution is 5.85. The Hall–Kier alpha value is -1.31. The number of aliphatic carboxylic acids is 1. The number of carboxylic acid groups (broad SMARTS) is 1. The number of hydrogen-bond donors (Lipinski definition) is 1. The quantitative estimate of drug-likeness (QED) is 0.800. The van der Waals surface area contributed by atoms with Gasteiger partial charge in [0.15, 0.2) is 0 Å². The van der Waals surface area contributed by atoms with Crippen molar-refractivity contribution in [2.75, 3.05) is 19.7 Å². The first-order chi connectivity index (χ1) is 7.80. The van der Waals surface area contributed by atoms with Crippen molar-refractivity contribution in [2.45, 2.75) is 25.1 Å². The largest absolute Gasteiger partial charge is 0.480 e. The molecule has 1 aliphatic rings. The van der Waals surface area contributed by atoms with Crippen molar-refractivity contribution in [2.24, 2.45) is 0 Å². The molecule has 0 aromatic rings. The van der Waals surface area contributed by atoms with Gasteiger partial charge < -0.3 is 14.7 Å². The zero-order valence-electron chi connectivity index (χ0n) is 8.87. The van der Waals surface area contributed by atoms with Gasteiger partial charge in [-0.1, -0.05) is 0 Å². The molecule has 1 N–H and O–H groups in total. The molecule has 0 aliphatic carbocycles. The molecule has 1 rings (SSSR count). The first kappa shape index (κ1) is 13.8. The Bertz CT molecular complexity index is 299. The summed E-state index contributed by atoms with van der Waals surface area (Å²) in [4.78, 5) is 21.6. The number of halogens is 3. The molecule has 1 saturated heterocycles. The lowest BCUT2D eigenvalue weighted by Crippen LogP contribution is -2.46. The first-order valence-corrected chi connectivity index (χ1v) is 5.00. The van der Waals surface area contributed by atoms with E-state index in [0.29, 0.717) is 19.4 Å². The molecule has 1 unspecified atom stereocenters. The van der Waals surface area contributed by atoms with Crippen molar-refractivity contribution in [3.63, 3.8) is 0 Å². The van der Waals surface area contributed by atoms with Gasteiger partial charge in [-0.2, -0.15) is 13.2 Å². The molecule has 17 heavy (non-hydrogen) atoms. The van der Waals surface area contributed by atoms with E-state index in [4.69, 9.17) is 9.84 Å². The third kappa shape index (κ3) is 4.22. The molecule has 8 heteroatoms. The molecule has 1 fully saturated rings. The van der Waals surface area contributed by atoms with Crippen LogP contribution in [-0.4, -0.2) is 53.9 Å². The molecule has 1 amide bonds. The number of ether oxygens (including phenoxy) is 1. The smallest absolute Gasteiger partial charge is 0.471 e. The van der Waals surface area contributed by atoms with Crippen LogP contribution in [0, 0.1) is 0 Å². The number of carbonyl (C=O) groups excluding carboxylic acids is 1. The number of rotatable bonds is 4. The molecular weight excluding hydrogens is 243 g/mol. The van der Waals surface area contributed by atoms with Gasteiger partial charge in [-0.05, 0) is 12.8 Å². The zero-order valence-corrected chi connectivity index (χ0v) is 8.87. The zero-order chi connectivity index (χ0) is 13.1. The van der Waals surface area contributed by atoms with E-state index in [2.05, 4.69) is 0 Å². The highest BCUT2D eigenvalue weighted by Gasteiger charge is 2.43. The second kappa shape index (κ2) is 5.35. The summed E-state index contributed by atoms with van der Waals surface area (Å²) in [5, 5.41) is 8.47. The molecule has 98 valence electrons. The fraction of sp³-hybridized carbons (Fsp3) is 0.778. The third-order valence-electron chi connectivity index (χ3n) is 2.30. The number of alkyl halides is 3. The SMILES string of the molecule is O=C(O)CN(CC1CCCO1)C(=O)C(F)(F)F. The number of nitrogens with zero attached hydrogens (tertiary/aromatic N) is 1. The van der Waals surface area contributed by atoms with Crippen LogP contribution in [0.2, 0.25) is 0 Å². The molecule has 1 aliphatic heterocycles. The van der Waals surface area contributed by atoms with Gasteiger partial charge in [0.2, 0.25) is 0 Å². The van der Waals surface area contributed by atoms with Gasteiger partial charge in [-0.3, -0.25) is 9.59 Å². The monoisotopic (exact) mass is 255 g/mol. The molecule has 5 nitrogen and oxygen atoms in total. The highest BCUT2D eigenvalue weighted by Crippen LogP contribution is 2.20. The van der Waals surface area contributed by atoms with Crippen LogP contribution in [0.15, 0.2) is 0 Å². The van der Waals surface area contributed by atoms with Crippen molar-refractivity contribution >= 4 is 11.9 Å². The second-order valence-corrected chi connectivity index (χ2v) is 3.71. The Morgan fingerprint density at radius 2 is 2.06 bits per heavy atom. The van der Waals surface area contributed by atoms with Crippen LogP contribution in [0.3, 0.4) is 0 Å². The predicted octanol–water partition coefficient (Wildman–Crippen LogP) is 0.641. The molecule has 1 atom stereocenters. The van der Waals surface area contributed by atoms with E-state index in [1.54, 1.807) is 0 Å². The third-order valence-corrected chi connectivity index (χ3v) is 2.30. The van der Waals surface area contributed by atoms with E-state index in [0.717, 1.165) is 0 Å². The first-order valence-electron chi connectivity index (χ1n) is 5.00. The summed E-state index contributed by atoms with van der Waals surface area (Å²) < 4.78 is 41.7. The van der Waals surface area contributed by atoms with Gasteiger partial charge in [0.25, 0.3) is 0 Å². The van der Waals surface area contributed by atoms with Crippen molar-refractivity contribution < 1.29 is 32.6 Å². The summed E-state index contributed by atoms with van der Waals surface area (Å²) in [7, 11) is 0. The summed E-state index contributed by atoms with van der Waals surface area (Å²) in [6, 6.07) is 0. The van der Waals surface area contributed by atoms with E-state index >= 15 is 0 Å². The molecule has 0 aromatic heterocycles. The fourth-order valence-corrected chi connectivity index (χ4v) is 1.60. The van der Waals surface area contributed by atoms with Gasteiger partial charge in [-0.15, -0.1) is 0 Å². The van der Waals surface area contributed by atoms with Crippen LogP contribution in [0.4, 0.5) is 13.2 Å². The molecule has 1 heterocycles. The number of amides is 1. The van der Waals surface area contributed by atoms with Crippen LogP contribution in [0.5, 0.6) is 0 Å². The number of carboxylic acids is 1. The minimum Gasteiger partial charge on any atom is -0.480 e. The average molecular weight is 255 g/mol. The van der Waals surface area contributed by atoms with E-state index in [-0.39, 0.29) is 11.4 Å². The van der Waals surface area contributed by atoms with Crippen LogP contribution in [-0.2, 0) is 14.3 Å². The van der Waals surface area contributed by atoms with Crippen molar-refractivity contribution in [3.05, 3.63) is 0 Å². The summed E-state index contributed by atoms with van der Waals surface area (Å²) in [5.74, 6) is -3.63. The van der Waals surface area contributed by atoms with Gasteiger partial charge in [0.05, 0.1) is 6.10 Å². The van der Waals surface area contributed by atoms with Crippen molar-refractivity contribution in [1.29, 1.82) is 0 Å². The number of carbonyl (C=O) groups is 2. The standard InChI is InChI=1S/C9H12F3NO4/c10-9(11,12)8(16)13(5-7(14)15)4-6-2-1-3-17-6/h6H,1-5H2,(H,14,15). The minimum atomic E-state index is -5.06. The van der Waals surface area contributed by atoms with Gasteiger partial charge in [0, 0.05) is 13.2 Å². The Labute approximate surface area is 95.1 Å². The predicted molar refractivity (Wildman–Crippen MR) is 49.2 cm³/mol. The summed E-state index contributed by atoms with van der Waals surface area (Å²) in [6.45, 7) is -0.894. The molecule has 0 spiro atoms. The van der Waals surface area contributed by atoms with Crippen LogP contribution in [0.25, 0.3) is 0 Å². The lowest BCUT2D eigenvalue weighted by Gasteiger charge is -2.24. The van der Waals surface area contributed by atoms with Crippen molar-refractivity contribution in [1.82, 2.24) is 4.90 Å². The minimum absolute atomic E-state index is 0.262. The Morgan fingerprint density at radius 1 is 1.41 bits per heavy atom. The van der Waals surface area contributed by atoms with E-state index in [1.807, 2.05) is 0 Å². The lowest BCUT2D eigenvalue weighted by molar-refractivity contribution is -0.187. The summed E-state index contributed by atoms with van der Waals surface area (Å²) in [6.07, 6.45) is -4.35. The summed E-state index contributed by atoms with van der Waals surface area (Å²) >= 11 is 0. The molecule has 0 aromatic carbocycles. The van der Waals surface area contributed by atoms with Gasteiger partial charge >= 0.3 is 18.1 Å². The maximum atomic E-state index is 12.2. The second-order valence-electron chi connectivity index (χ2n) is 3.71. The van der Waals surface area contributed by atoms with Gasteiger partial charge in [-0.25, -0.2) is 0 Å². The molecular formula is C9H12F3NO4. The van der Waals surface area contributed by atoms with E-state index in [1.165, 1.54) is 0 Å². The number of hydrogen-bond acceptors (Lipinski definition) is 3. The Balaban J connectivity index is 2.65. The fourth-order valence-electron chi connectivity index (χ4n) is 1.60. The van der Waals surface area contributed by atoms with Crippen molar-refractivity contribution in [3.8, 4) is 0 Å². The van der Waals surface area contributed by atoms with Gasteiger partial charge in [0.1, 0.15) is 6.54 Å². The maximum absolute atomic E-state index is 12.2. The van der Waals surface area contributed by atoms with E-state index in [9.17, 15) is 22.8 Å². The highest BCUT2D eigenvalue weighted by atomic mass is 19.4. The van der Waals surface area contributed by atoms with E-state index < -0.39 is 30.7 Å². The normalized spacial score (nSPS) is 20.3.